The van der Waals surface area contributed by atoms with Gasteiger partial charge in [0.1, 0.15) is 11.6 Å². The first-order valence-corrected chi connectivity index (χ1v) is 7.58. The molecule has 0 radical (unpaired) electrons. The first kappa shape index (κ1) is 21.3. The molecule has 0 amide bonds. The lowest BCUT2D eigenvalue weighted by Gasteiger charge is -2.18. The molecule has 0 aliphatic carbocycles. The zero-order valence-corrected chi connectivity index (χ0v) is 14.3. The highest BCUT2D eigenvalue weighted by Gasteiger charge is 2.45. The largest absolute Gasteiger partial charge is 0.502 e. The smallest absolute Gasteiger partial charge is 0.459 e. The lowest BCUT2D eigenvalue weighted by molar-refractivity contribution is -0.216. The van der Waals surface area contributed by atoms with E-state index in [0.29, 0.717) is 6.07 Å². The fourth-order valence-corrected chi connectivity index (χ4v) is 2.23. The number of halogens is 7. The van der Waals surface area contributed by atoms with Gasteiger partial charge in [-0.15, -0.1) is 0 Å². The fraction of sp³-hybridized carbons (Fsp3) is 0.235. The third kappa shape index (κ3) is 3.69. The number of hydrogen-bond acceptors (Lipinski definition) is 4. The summed E-state index contributed by atoms with van der Waals surface area (Å²) in [4.78, 5) is 11.1. The molecule has 0 atom stereocenters. The summed E-state index contributed by atoms with van der Waals surface area (Å²) < 4.78 is 105. The van der Waals surface area contributed by atoms with Crippen molar-refractivity contribution in [3.05, 3.63) is 46.8 Å². The van der Waals surface area contributed by atoms with Gasteiger partial charge in [0.05, 0.1) is 17.9 Å². The average molecular weight is 411 g/mol. The molecule has 2 aromatic rings. The van der Waals surface area contributed by atoms with Gasteiger partial charge in [-0.3, -0.25) is 0 Å². The van der Waals surface area contributed by atoms with Crippen molar-refractivity contribution in [1.82, 2.24) is 0 Å². The number of anilines is 1. The Morgan fingerprint density at radius 1 is 1.04 bits per heavy atom. The molecule has 11 heteroatoms. The SMILES string of the molecule is CCOC(=O)C(F)(F)Oc1cc(F)c(-c2c(F)c(C)c(F)c(F)c2F)cc1N. The van der Waals surface area contributed by atoms with Gasteiger partial charge >= 0.3 is 12.1 Å². The van der Waals surface area contributed by atoms with Crippen LogP contribution in [0.2, 0.25) is 0 Å². The number of benzene rings is 2. The highest BCUT2D eigenvalue weighted by Crippen LogP contribution is 2.38. The van der Waals surface area contributed by atoms with Crippen LogP contribution in [-0.4, -0.2) is 18.7 Å². The van der Waals surface area contributed by atoms with Gasteiger partial charge in [0, 0.05) is 17.2 Å². The van der Waals surface area contributed by atoms with Crippen LogP contribution in [0, 0.1) is 36.0 Å². The van der Waals surface area contributed by atoms with E-state index in [-0.39, 0.29) is 6.07 Å². The number of carbonyl (C=O) groups excluding carboxylic acids is 1. The monoisotopic (exact) mass is 411 g/mol. The number of carbonyl (C=O) groups is 1. The molecule has 0 aliphatic heterocycles. The number of esters is 1. The minimum Gasteiger partial charge on any atom is -0.459 e. The van der Waals surface area contributed by atoms with Crippen molar-refractivity contribution in [2.45, 2.75) is 20.0 Å². The second-order valence-electron chi connectivity index (χ2n) is 5.47. The van der Waals surface area contributed by atoms with Crippen LogP contribution in [-0.2, 0) is 9.53 Å². The number of nitrogen functional groups attached to an aromatic ring is 1. The minimum atomic E-state index is -4.53. The van der Waals surface area contributed by atoms with Gasteiger partial charge in [-0.2, -0.15) is 8.78 Å². The minimum absolute atomic E-state index is 0.216. The molecular weight excluding hydrogens is 399 g/mol. The predicted molar refractivity (Wildman–Crippen MR) is 83.0 cm³/mol. The van der Waals surface area contributed by atoms with Crippen LogP contribution in [0.4, 0.5) is 36.4 Å². The second kappa shape index (κ2) is 7.56. The molecule has 2 aromatic carbocycles. The van der Waals surface area contributed by atoms with E-state index >= 15 is 0 Å². The van der Waals surface area contributed by atoms with Gasteiger partial charge in [-0.05, 0) is 19.9 Å². The van der Waals surface area contributed by atoms with E-state index in [0.717, 1.165) is 6.92 Å². The lowest BCUT2D eigenvalue weighted by Crippen LogP contribution is -2.37. The van der Waals surface area contributed by atoms with Crippen LogP contribution < -0.4 is 10.5 Å². The van der Waals surface area contributed by atoms with Crippen LogP contribution in [0.5, 0.6) is 5.75 Å². The van der Waals surface area contributed by atoms with Crippen LogP contribution in [0.1, 0.15) is 12.5 Å². The molecule has 4 nitrogen and oxygen atoms in total. The summed E-state index contributed by atoms with van der Waals surface area (Å²) in [5.74, 6) is -12.2. The Balaban J connectivity index is 2.56. The Morgan fingerprint density at radius 2 is 1.64 bits per heavy atom. The Bertz CT molecular complexity index is 918. The molecular formula is C17H12F7NO3. The van der Waals surface area contributed by atoms with Crippen LogP contribution in [0.3, 0.4) is 0 Å². The van der Waals surface area contributed by atoms with Gasteiger partial charge in [0.25, 0.3) is 0 Å². The molecule has 0 saturated heterocycles. The van der Waals surface area contributed by atoms with Crippen LogP contribution in [0.25, 0.3) is 11.1 Å². The van der Waals surface area contributed by atoms with Crippen molar-refractivity contribution >= 4 is 11.7 Å². The summed E-state index contributed by atoms with van der Waals surface area (Å²) in [5.41, 5.74) is 1.47. The normalized spacial score (nSPS) is 11.5. The van der Waals surface area contributed by atoms with Crippen molar-refractivity contribution in [2.24, 2.45) is 0 Å². The molecule has 0 heterocycles. The first-order valence-electron chi connectivity index (χ1n) is 7.58. The Labute approximate surface area is 153 Å². The topological polar surface area (TPSA) is 61.5 Å². The van der Waals surface area contributed by atoms with E-state index < -0.39 is 75.9 Å². The third-order valence-electron chi connectivity index (χ3n) is 3.60. The van der Waals surface area contributed by atoms with Gasteiger partial charge < -0.3 is 15.2 Å². The van der Waals surface area contributed by atoms with E-state index in [1.807, 2.05) is 0 Å². The maximum absolute atomic E-state index is 14.3. The molecule has 0 bridgehead atoms. The number of nitrogens with two attached hydrogens (primary N) is 1. The molecule has 152 valence electrons. The van der Waals surface area contributed by atoms with Gasteiger partial charge in [0.15, 0.2) is 23.2 Å². The van der Waals surface area contributed by atoms with Crippen molar-refractivity contribution in [1.29, 1.82) is 0 Å². The third-order valence-corrected chi connectivity index (χ3v) is 3.60. The standard InChI is InChI=1S/C17H12F7NO3/c1-3-27-16(26)17(23,24)28-10-5-8(18)7(4-9(10)25)11-12(19)6(2)13(20)15(22)14(11)21/h4-5H,3,25H2,1-2H3. The first-order chi connectivity index (χ1) is 12.9. The summed E-state index contributed by atoms with van der Waals surface area (Å²) in [6.07, 6.45) is -4.53. The van der Waals surface area contributed by atoms with E-state index in [1.165, 1.54) is 6.92 Å². The number of alkyl halides is 2. The Hall–Kier alpha value is -2.98. The molecule has 28 heavy (non-hydrogen) atoms. The molecule has 2 rings (SSSR count). The lowest BCUT2D eigenvalue weighted by atomic mass is 9.99. The second-order valence-corrected chi connectivity index (χ2v) is 5.47. The van der Waals surface area contributed by atoms with Crippen molar-refractivity contribution in [3.63, 3.8) is 0 Å². The molecule has 0 aromatic heterocycles. The van der Waals surface area contributed by atoms with Crippen LogP contribution in [0.15, 0.2) is 12.1 Å². The zero-order chi connectivity index (χ0) is 21.4. The van der Waals surface area contributed by atoms with E-state index in [4.69, 9.17) is 5.73 Å². The van der Waals surface area contributed by atoms with Crippen molar-refractivity contribution in [2.75, 3.05) is 12.3 Å². The summed E-state index contributed by atoms with van der Waals surface area (Å²) in [6.45, 7) is 1.65. The van der Waals surface area contributed by atoms with E-state index in [2.05, 4.69) is 9.47 Å². The van der Waals surface area contributed by atoms with E-state index in [9.17, 15) is 35.5 Å². The summed E-state index contributed by atoms with van der Waals surface area (Å²) in [6, 6.07) is 0.692. The quantitative estimate of drug-likeness (QED) is 0.259. The van der Waals surface area contributed by atoms with Crippen LogP contribution >= 0.6 is 0 Å². The molecule has 0 unspecified atom stereocenters. The molecule has 0 aliphatic rings. The van der Waals surface area contributed by atoms with Gasteiger partial charge in [-0.1, -0.05) is 0 Å². The average Bonchev–Trinajstić information content (AvgIpc) is 2.62. The molecule has 2 N–H and O–H groups in total. The zero-order valence-electron chi connectivity index (χ0n) is 14.3. The number of rotatable bonds is 5. The van der Waals surface area contributed by atoms with E-state index in [1.54, 1.807) is 0 Å². The molecule has 0 spiro atoms. The summed E-state index contributed by atoms with van der Waals surface area (Å²) in [7, 11) is 0. The summed E-state index contributed by atoms with van der Waals surface area (Å²) >= 11 is 0. The number of ether oxygens (including phenoxy) is 2. The highest BCUT2D eigenvalue weighted by molar-refractivity contribution is 5.77. The predicted octanol–water partition coefficient (Wildman–Crippen LogP) is 4.47. The maximum Gasteiger partial charge on any atom is 0.502 e. The van der Waals surface area contributed by atoms with Crippen molar-refractivity contribution in [3.8, 4) is 16.9 Å². The van der Waals surface area contributed by atoms with Crippen molar-refractivity contribution < 1.29 is 45.0 Å². The fourth-order valence-electron chi connectivity index (χ4n) is 2.23. The Morgan fingerprint density at radius 3 is 2.21 bits per heavy atom. The maximum atomic E-state index is 14.3. The summed E-state index contributed by atoms with van der Waals surface area (Å²) in [5, 5.41) is 0. The molecule has 0 fully saturated rings. The Kier molecular flexibility index (Phi) is 5.76. The number of hydrogen-bond donors (Lipinski definition) is 1. The highest BCUT2D eigenvalue weighted by atomic mass is 19.3. The molecule has 0 saturated carbocycles. The van der Waals surface area contributed by atoms with Gasteiger partial charge in [-0.25, -0.2) is 26.7 Å². The van der Waals surface area contributed by atoms with Gasteiger partial charge in [0.2, 0.25) is 0 Å².